The molecule has 1 aromatic carbocycles. The molecule has 0 aliphatic carbocycles. The lowest BCUT2D eigenvalue weighted by atomic mass is 10.0. The summed E-state index contributed by atoms with van der Waals surface area (Å²) >= 11 is 6.09. The Kier molecular flexibility index (Phi) is 4.59. The average molecular weight is 313 g/mol. The zero-order valence-electron chi connectivity index (χ0n) is 12.3. The van der Waals surface area contributed by atoms with Gasteiger partial charge in [0.25, 0.3) is 0 Å². The Balaban J connectivity index is 2.61. The van der Waals surface area contributed by atoms with E-state index < -0.39 is 6.10 Å². The minimum atomic E-state index is -1.04. The molecule has 0 aliphatic rings. The van der Waals surface area contributed by atoms with Crippen molar-refractivity contribution in [3.8, 4) is 17.2 Å². The summed E-state index contributed by atoms with van der Waals surface area (Å²) in [6.07, 6.45) is 0.434. The number of aliphatic hydroxyl groups is 1. The third-order valence-electron chi connectivity index (χ3n) is 3.22. The van der Waals surface area contributed by atoms with Crippen molar-refractivity contribution in [1.29, 1.82) is 0 Å². The van der Waals surface area contributed by atoms with Crippen LogP contribution in [0.15, 0.2) is 18.3 Å². The van der Waals surface area contributed by atoms with Gasteiger partial charge in [0.1, 0.15) is 23.4 Å². The normalized spacial score (nSPS) is 12.1. The van der Waals surface area contributed by atoms with Crippen molar-refractivity contribution < 1.29 is 19.3 Å². The smallest absolute Gasteiger partial charge is 0.132 e. The van der Waals surface area contributed by atoms with Crippen LogP contribution in [0.25, 0.3) is 0 Å². The number of benzene rings is 1. The summed E-state index contributed by atoms with van der Waals surface area (Å²) in [6.45, 7) is 0. The second-order valence-corrected chi connectivity index (χ2v) is 4.76. The van der Waals surface area contributed by atoms with Gasteiger partial charge in [0, 0.05) is 19.2 Å². The molecule has 1 N–H and O–H groups in total. The lowest BCUT2D eigenvalue weighted by Gasteiger charge is -2.19. The average Bonchev–Trinajstić information content (AvgIpc) is 2.84. The van der Waals surface area contributed by atoms with Crippen LogP contribution in [0, 0.1) is 0 Å². The SMILES string of the molecule is COc1cc(OC)c(C(O)c2c(Cl)cnn2C)c(OC)c1. The highest BCUT2D eigenvalue weighted by molar-refractivity contribution is 6.31. The molecule has 114 valence electrons. The Morgan fingerprint density at radius 1 is 1.14 bits per heavy atom. The van der Waals surface area contributed by atoms with E-state index in [4.69, 9.17) is 25.8 Å². The van der Waals surface area contributed by atoms with Gasteiger partial charge in [-0.15, -0.1) is 0 Å². The van der Waals surface area contributed by atoms with Gasteiger partial charge in [0.15, 0.2) is 0 Å². The van der Waals surface area contributed by atoms with Gasteiger partial charge in [-0.05, 0) is 0 Å². The molecular weight excluding hydrogens is 296 g/mol. The summed E-state index contributed by atoms with van der Waals surface area (Å²) in [5.41, 5.74) is 0.921. The molecule has 0 radical (unpaired) electrons. The summed E-state index contributed by atoms with van der Waals surface area (Å²) in [5, 5.41) is 15.1. The highest BCUT2D eigenvalue weighted by atomic mass is 35.5. The number of nitrogens with zero attached hydrogens (tertiary/aromatic N) is 2. The zero-order chi connectivity index (χ0) is 15.6. The van der Waals surface area contributed by atoms with Gasteiger partial charge in [-0.3, -0.25) is 4.68 Å². The van der Waals surface area contributed by atoms with Crippen molar-refractivity contribution in [3.63, 3.8) is 0 Å². The van der Waals surface area contributed by atoms with Crippen LogP contribution >= 0.6 is 11.6 Å². The summed E-state index contributed by atoms with van der Waals surface area (Å²) in [6, 6.07) is 3.34. The molecule has 7 heteroatoms. The van der Waals surface area contributed by atoms with Crippen LogP contribution in [0.3, 0.4) is 0 Å². The third kappa shape index (κ3) is 2.77. The number of methoxy groups -OCH3 is 3. The van der Waals surface area contributed by atoms with E-state index in [0.717, 1.165) is 0 Å². The van der Waals surface area contributed by atoms with E-state index in [1.807, 2.05) is 0 Å². The Hall–Kier alpha value is -1.92. The molecule has 0 amide bonds. The van der Waals surface area contributed by atoms with Crippen LogP contribution in [-0.2, 0) is 7.05 Å². The van der Waals surface area contributed by atoms with Gasteiger partial charge in [-0.25, -0.2) is 0 Å². The maximum Gasteiger partial charge on any atom is 0.132 e. The second-order valence-electron chi connectivity index (χ2n) is 4.35. The molecule has 2 rings (SSSR count). The predicted molar refractivity (Wildman–Crippen MR) is 78.4 cm³/mol. The van der Waals surface area contributed by atoms with E-state index in [9.17, 15) is 5.11 Å². The Bertz CT molecular complexity index is 597. The molecule has 0 bridgehead atoms. The zero-order valence-corrected chi connectivity index (χ0v) is 13.0. The number of aryl methyl sites for hydroxylation is 1. The first-order valence-electron chi connectivity index (χ1n) is 6.18. The van der Waals surface area contributed by atoms with E-state index in [2.05, 4.69) is 5.10 Å². The monoisotopic (exact) mass is 312 g/mol. The van der Waals surface area contributed by atoms with Gasteiger partial charge in [-0.2, -0.15) is 5.10 Å². The number of rotatable bonds is 5. The number of hydrogen-bond acceptors (Lipinski definition) is 5. The summed E-state index contributed by atoms with van der Waals surface area (Å²) in [7, 11) is 6.26. The van der Waals surface area contributed by atoms with Gasteiger partial charge in [-0.1, -0.05) is 11.6 Å². The fraction of sp³-hybridized carbons (Fsp3) is 0.357. The Labute approximate surface area is 127 Å². The standard InChI is InChI=1S/C14H17ClN2O4/c1-17-13(9(15)7-16-17)14(18)12-10(20-3)5-8(19-2)6-11(12)21-4/h5-7,14,18H,1-4H3. The number of ether oxygens (including phenoxy) is 3. The van der Waals surface area contributed by atoms with E-state index in [1.165, 1.54) is 25.1 Å². The van der Waals surface area contributed by atoms with Gasteiger partial charge >= 0.3 is 0 Å². The van der Waals surface area contributed by atoms with E-state index in [1.54, 1.807) is 26.3 Å². The first-order valence-corrected chi connectivity index (χ1v) is 6.56. The minimum Gasteiger partial charge on any atom is -0.496 e. The highest BCUT2D eigenvalue weighted by Crippen LogP contribution is 2.41. The molecule has 0 aliphatic heterocycles. The molecule has 1 heterocycles. The molecule has 0 fully saturated rings. The van der Waals surface area contributed by atoms with Crippen LogP contribution in [0.5, 0.6) is 17.2 Å². The van der Waals surface area contributed by atoms with Crippen LogP contribution in [0.2, 0.25) is 5.02 Å². The molecular formula is C14H17ClN2O4. The molecule has 0 spiro atoms. The number of halogens is 1. The number of aromatic nitrogens is 2. The summed E-state index contributed by atoms with van der Waals surface area (Å²) in [4.78, 5) is 0. The predicted octanol–water partition coefficient (Wildman–Crippen LogP) is 2.18. The quantitative estimate of drug-likeness (QED) is 0.916. The van der Waals surface area contributed by atoms with Gasteiger partial charge in [0.2, 0.25) is 0 Å². The molecule has 1 unspecified atom stereocenters. The van der Waals surface area contributed by atoms with E-state index in [0.29, 0.717) is 33.5 Å². The number of hydrogen-bond donors (Lipinski definition) is 1. The maximum atomic E-state index is 10.7. The Morgan fingerprint density at radius 3 is 2.10 bits per heavy atom. The largest absolute Gasteiger partial charge is 0.496 e. The second kappa shape index (κ2) is 6.24. The fourth-order valence-electron chi connectivity index (χ4n) is 2.17. The molecule has 2 aromatic rings. The maximum absolute atomic E-state index is 10.7. The lowest BCUT2D eigenvalue weighted by molar-refractivity contribution is 0.199. The molecule has 0 saturated carbocycles. The molecule has 1 atom stereocenters. The van der Waals surface area contributed by atoms with E-state index in [-0.39, 0.29) is 0 Å². The van der Waals surface area contributed by atoms with Gasteiger partial charge in [0.05, 0.1) is 43.8 Å². The fourth-order valence-corrected chi connectivity index (χ4v) is 2.44. The van der Waals surface area contributed by atoms with Crippen LogP contribution < -0.4 is 14.2 Å². The highest BCUT2D eigenvalue weighted by Gasteiger charge is 2.26. The van der Waals surface area contributed by atoms with Crippen LogP contribution in [-0.4, -0.2) is 36.2 Å². The van der Waals surface area contributed by atoms with Crippen LogP contribution in [0.1, 0.15) is 17.4 Å². The number of aliphatic hydroxyl groups excluding tert-OH is 1. The lowest BCUT2D eigenvalue weighted by Crippen LogP contribution is -2.10. The molecule has 1 aromatic heterocycles. The summed E-state index contributed by atoms with van der Waals surface area (Å²) < 4.78 is 17.4. The molecule has 6 nitrogen and oxygen atoms in total. The minimum absolute atomic E-state index is 0.366. The topological polar surface area (TPSA) is 65.7 Å². The van der Waals surface area contributed by atoms with Crippen molar-refractivity contribution in [2.75, 3.05) is 21.3 Å². The summed E-state index contributed by atoms with van der Waals surface area (Å²) in [5.74, 6) is 1.45. The molecule has 0 saturated heterocycles. The van der Waals surface area contributed by atoms with Crippen molar-refractivity contribution in [2.45, 2.75) is 6.10 Å². The molecule has 21 heavy (non-hydrogen) atoms. The van der Waals surface area contributed by atoms with Crippen molar-refractivity contribution in [1.82, 2.24) is 9.78 Å². The first kappa shape index (κ1) is 15.5. The Morgan fingerprint density at radius 2 is 1.71 bits per heavy atom. The van der Waals surface area contributed by atoms with Crippen LogP contribution in [0.4, 0.5) is 0 Å². The van der Waals surface area contributed by atoms with Crippen molar-refractivity contribution >= 4 is 11.6 Å². The first-order chi connectivity index (χ1) is 10.0. The van der Waals surface area contributed by atoms with Gasteiger partial charge < -0.3 is 19.3 Å². The van der Waals surface area contributed by atoms with Crippen molar-refractivity contribution in [3.05, 3.63) is 34.6 Å². The van der Waals surface area contributed by atoms with E-state index >= 15 is 0 Å². The third-order valence-corrected chi connectivity index (χ3v) is 3.51. The van der Waals surface area contributed by atoms with Crippen molar-refractivity contribution in [2.24, 2.45) is 7.05 Å².